The number of aliphatic hydroxyl groups excluding tert-OH is 2. The fraction of sp³-hybridized carbons (Fsp3) is 0.538. The van der Waals surface area contributed by atoms with Crippen molar-refractivity contribution in [1.29, 1.82) is 0 Å². The van der Waals surface area contributed by atoms with Crippen molar-refractivity contribution in [2.75, 3.05) is 43.8 Å². The highest BCUT2D eigenvalue weighted by Crippen LogP contribution is 2.32. The first-order valence-electron chi connectivity index (χ1n) is 13.1. The zero-order chi connectivity index (χ0) is 28.2. The molecule has 0 spiro atoms. The number of carbonyl (C=O) groups excluding carboxylic acids is 1. The molecule has 4 atom stereocenters. The number of hydrogen-bond acceptors (Lipinski definition) is 10. The number of hydrogen-bond donors (Lipinski definition) is 6. The van der Waals surface area contributed by atoms with Crippen LogP contribution in [0.3, 0.4) is 0 Å². The minimum Gasteiger partial charge on any atom is -0.387 e. The topological polar surface area (TPSA) is 190 Å². The van der Waals surface area contributed by atoms with Gasteiger partial charge < -0.3 is 37.1 Å². The Morgan fingerprint density at radius 1 is 1.13 bits per heavy atom. The molecule has 1 unspecified atom stereocenters. The molecule has 2 aromatic heterocycles. The van der Waals surface area contributed by atoms with Gasteiger partial charge in [0.15, 0.2) is 17.7 Å². The van der Waals surface area contributed by atoms with E-state index in [1.165, 1.54) is 18.2 Å². The van der Waals surface area contributed by atoms with Crippen LogP contribution in [0.5, 0.6) is 0 Å². The zero-order valence-corrected chi connectivity index (χ0v) is 22.6. The van der Waals surface area contributed by atoms with Gasteiger partial charge in [0.1, 0.15) is 30.2 Å². The number of urea groups is 1. The predicted molar refractivity (Wildman–Crippen MR) is 148 cm³/mol. The number of nitrogens with zero attached hydrogens (tertiary/aromatic N) is 5. The first kappa shape index (κ1) is 28.6. The number of imidazole rings is 1. The second kappa shape index (κ2) is 12.2. The van der Waals surface area contributed by atoms with E-state index in [1.54, 1.807) is 4.57 Å². The number of ether oxygens (including phenoxy) is 1. The molecule has 1 aromatic carbocycles. The van der Waals surface area contributed by atoms with Crippen LogP contribution in [0.15, 0.2) is 36.9 Å². The molecule has 4 rings (SSSR count). The number of carbonyl (C=O) groups is 1. The summed E-state index contributed by atoms with van der Waals surface area (Å²) < 4.78 is 7.60. The first-order chi connectivity index (χ1) is 18.6. The third kappa shape index (κ3) is 6.81. The van der Waals surface area contributed by atoms with Crippen molar-refractivity contribution >= 4 is 28.7 Å². The van der Waals surface area contributed by atoms with E-state index in [0.29, 0.717) is 50.3 Å². The third-order valence-electron chi connectivity index (χ3n) is 6.83. The van der Waals surface area contributed by atoms with E-state index in [4.69, 9.17) is 16.2 Å². The molecule has 1 aliphatic heterocycles. The number of fused-ring (bicyclic) bond motifs is 1. The Labute approximate surface area is 227 Å². The predicted octanol–water partition coefficient (Wildman–Crippen LogP) is 0.798. The SMILES string of the molecule is CC(C)(C)c1ccc(NC(=O)NCCCN(CCN)C[C@H]2OC(n3cnc4c(N)ncnc43)[C@H](O)[C@@H]2O)cc1. The highest BCUT2D eigenvalue weighted by atomic mass is 16.6. The van der Waals surface area contributed by atoms with Crippen LogP contribution in [-0.2, 0) is 10.2 Å². The Morgan fingerprint density at radius 2 is 1.87 bits per heavy atom. The molecule has 39 heavy (non-hydrogen) atoms. The second-order valence-corrected chi connectivity index (χ2v) is 10.8. The van der Waals surface area contributed by atoms with Crippen LogP contribution in [0.25, 0.3) is 11.2 Å². The standard InChI is InChI=1S/C26H39N9O4/c1-26(2,3)16-5-7-17(8-6-16)33-25(38)29-10-4-11-34(12-9-27)13-18-20(36)21(37)24(39-18)35-15-32-19-22(28)30-14-31-23(19)35/h5-8,14-15,18,20-21,24,36-37H,4,9-13,27H2,1-3H3,(H2,28,30,31)(H2,29,33,38)/t18-,20-,21-,24?/m1/s1. The molecule has 3 aromatic rings. The molecule has 0 saturated carbocycles. The minimum atomic E-state index is -1.19. The molecule has 1 saturated heterocycles. The molecule has 212 valence electrons. The van der Waals surface area contributed by atoms with Gasteiger partial charge in [0.05, 0.1) is 6.33 Å². The van der Waals surface area contributed by atoms with E-state index in [1.807, 2.05) is 29.2 Å². The van der Waals surface area contributed by atoms with Gasteiger partial charge in [-0.3, -0.25) is 9.47 Å². The van der Waals surface area contributed by atoms with Gasteiger partial charge >= 0.3 is 6.03 Å². The number of amides is 2. The highest BCUT2D eigenvalue weighted by Gasteiger charge is 2.44. The number of nitrogen functional groups attached to an aromatic ring is 1. The van der Waals surface area contributed by atoms with Crippen molar-refractivity contribution in [3.05, 3.63) is 42.5 Å². The lowest BCUT2D eigenvalue weighted by molar-refractivity contribution is -0.0439. The summed E-state index contributed by atoms with van der Waals surface area (Å²) in [7, 11) is 0. The lowest BCUT2D eigenvalue weighted by atomic mass is 9.87. The van der Waals surface area contributed by atoms with E-state index < -0.39 is 24.5 Å². The maximum atomic E-state index is 12.3. The summed E-state index contributed by atoms with van der Waals surface area (Å²) in [6.07, 6.45) is -0.427. The number of rotatable bonds is 10. The number of nitrogens with two attached hydrogens (primary N) is 2. The average molecular weight is 542 g/mol. The summed E-state index contributed by atoms with van der Waals surface area (Å²) in [6.45, 7) is 8.82. The van der Waals surface area contributed by atoms with Gasteiger partial charge in [0.25, 0.3) is 0 Å². The van der Waals surface area contributed by atoms with Crippen molar-refractivity contribution in [3.63, 3.8) is 0 Å². The zero-order valence-electron chi connectivity index (χ0n) is 22.6. The second-order valence-electron chi connectivity index (χ2n) is 10.8. The van der Waals surface area contributed by atoms with Gasteiger partial charge in [-0.05, 0) is 36.1 Å². The van der Waals surface area contributed by atoms with Crippen LogP contribution in [0.1, 0.15) is 39.0 Å². The third-order valence-corrected chi connectivity index (χ3v) is 6.83. The Hall–Kier alpha value is -3.36. The van der Waals surface area contributed by atoms with Crippen LogP contribution in [-0.4, -0.2) is 91.7 Å². The van der Waals surface area contributed by atoms with Crippen LogP contribution in [0, 0.1) is 0 Å². The molecule has 1 fully saturated rings. The fourth-order valence-electron chi connectivity index (χ4n) is 4.63. The van der Waals surface area contributed by atoms with Gasteiger partial charge in [-0.2, -0.15) is 0 Å². The number of benzene rings is 1. The van der Waals surface area contributed by atoms with E-state index in [2.05, 4.69) is 46.4 Å². The van der Waals surface area contributed by atoms with E-state index >= 15 is 0 Å². The summed E-state index contributed by atoms with van der Waals surface area (Å²) in [6, 6.07) is 7.54. The molecule has 13 heteroatoms. The lowest BCUT2D eigenvalue weighted by Gasteiger charge is -2.26. The molecule has 13 nitrogen and oxygen atoms in total. The number of aromatic nitrogens is 4. The van der Waals surface area contributed by atoms with Crippen molar-refractivity contribution in [3.8, 4) is 0 Å². The monoisotopic (exact) mass is 541 g/mol. The summed E-state index contributed by atoms with van der Waals surface area (Å²) >= 11 is 0. The van der Waals surface area contributed by atoms with Crippen molar-refractivity contribution < 1.29 is 19.7 Å². The van der Waals surface area contributed by atoms with Gasteiger partial charge in [0, 0.05) is 31.9 Å². The van der Waals surface area contributed by atoms with Crippen molar-refractivity contribution in [1.82, 2.24) is 29.7 Å². The fourth-order valence-corrected chi connectivity index (χ4v) is 4.63. The quantitative estimate of drug-likeness (QED) is 0.200. The summed E-state index contributed by atoms with van der Waals surface area (Å²) in [5.41, 5.74) is 14.5. The Bertz CT molecular complexity index is 1240. The minimum absolute atomic E-state index is 0.0477. The first-order valence-corrected chi connectivity index (χ1v) is 13.1. The highest BCUT2D eigenvalue weighted by molar-refractivity contribution is 5.89. The van der Waals surface area contributed by atoms with Crippen LogP contribution in [0.2, 0.25) is 0 Å². The molecule has 0 aliphatic carbocycles. The lowest BCUT2D eigenvalue weighted by Crippen LogP contribution is -2.43. The maximum Gasteiger partial charge on any atom is 0.319 e. The number of nitrogens with one attached hydrogen (secondary N) is 2. The maximum absolute atomic E-state index is 12.3. The van der Waals surface area contributed by atoms with Crippen molar-refractivity contribution in [2.45, 2.75) is 57.1 Å². The average Bonchev–Trinajstić information content (AvgIpc) is 3.44. The Kier molecular flexibility index (Phi) is 8.97. The number of anilines is 2. The van der Waals surface area contributed by atoms with Crippen LogP contribution < -0.4 is 22.1 Å². The molecule has 0 bridgehead atoms. The molecule has 1 aliphatic rings. The van der Waals surface area contributed by atoms with Gasteiger partial charge in [0.2, 0.25) is 0 Å². The normalized spacial score (nSPS) is 21.5. The smallest absolute Gasteiger partial charge is 0.319 e. The molecule has 2 amide bonds. The summed E-state index contributed by atoms with van der Waals surface area (Å²) in [5.74, 6) is 0.221. The Morgan fingerprint density at radius 3 is 2.56 bits per heavy atom. The molecular formula is C26H39N9O4. The molecular weight excluding hydrogens is 502 g/mol. The molecule has 3 heterocycles. The largest absolute Gasteiger partial charge is 0.387 e. The van der Waals surface area contributed by atoms with Crippen molar-refractivity contribution in [2.24, 2.45) is 5.73 Å². The number of aliphatic hydroxyl groups is 2. The van der Waals surface area contributed by atoms with Gasteiger partial charge in [-0.25, -0.2) is 19.7 Å². The van der Waals surface area contributed by atoms with Gasteiger partial charge in [-0.1, -0.05) is 32.9 Å². The van der Waals surface area contributed by atoms with E-state index in [0.717, 1.165) is 5.69 Å². The van der Waals surface area contributed by atoms with Crippen LogP contribution in [0.4, 0.5) is 16.3 Å². The summed E-state index contributed by atoms with van der Waals surface area (Å²) in [5, 5.41) is 27.2. The van der Waals surface area contributed by atoms with E-state index in [9.17, 15) is 15.0 Å². The van der Waals surface area contributed by atoms with E-state index in [-0.39, 0.29) is 17.3 Å². The summed E-state index contributed by atoms with van der Waals surface area (Å²) in [4.78, 5) is 26.7. The van der Waals surface area contributed by atoms with Crippen LogP contribution >= 0.6 is 0 Å². The molecule has 8 N–H and O–H groups in total. The Balaban J connectivity index is 1.27. The molecule has 0 radical (unpaired) electrons. The van der Waals surface area contributed by atoms with Gasteiger partial charge in [-0.15, -0.1) is 0 Å².